The number of hydrogen-bond acceptors (Lipinski definition) is 6. The molecule has 9 nitrogen and oxygen atoms in total. The molecule has 0 saturated carbocycles. The smallest absolute Gasteiger partial charge is 0.410 e. The first-order valence-electron chi connectivity index (χ1n) is 15.5. The number of aromatic amines is 2. The highest BCUT2D eigenvalue weighted by Gasteiger charge is 2.35. The summed E-state index contributed by atoms with van der Waals surface area (Å²) in [7, 11) is 0. The quantitative estimate of drug-likeness (QED) is 0.162. The van der Waals surface area contributed by atoms with E-state index in [1.165, 1.54) is 0 Å². The number of nitrogens with one attached hydrogen (secondary N) is 3. The molecular weight excluding hydrogens is 552 g/mol. The Balaban J connectivity index is 1.15. The van der Waals surface area contributed by atoms with Crippen LogP contribution in [0.3, 0.4) is 0 Å². The van der Waals surface area contributed by atoms with E-state index in [4.69, 9.17) is 14.1 Å². The molecule has 1 saturated heterocycles. The molecule has 1 aliphatic rings. The molecule has 6 aromatic rings. The second kappa shape index (κ2) is 11.1. The van der Waals surface area contributed by atoms with Crippen LogP contribution < -0.4 is 5.32 Å². The third-order valence-electron chi connectivity index (χ3n) is 8.16. The molecule has 1 amide bonds. The van der Waals surface area contributed by atoms with Gasteiger partial charge in [0.15, 0.2) is 0 Å². The number of imidazole rings is 2. The lowest BCUT2D eigenvalue weighted by Gasteiger charge is -2.27. The molecule has 0 aliphatic carbocycles. The number of amides is 1. The summed E-state index contributed by atoms with van der Waals surface area (Å²) in [5, 5.41) is 5.55. The fourth-order valence-corrected chi connectivity index (χ4v) is 6.06. The largest absolute Gasteiger partial charge is 0.456 e. The number of carbonyl (C=O) groups excluding carboxylic acids is 1. The molecule has 1 fully saturated rings. The van der Waals surface area contributed by atoms with Gasteiger partial charge >= 0.3 is 6.09 Å². The second-order valence-corrected chi connectivity index (χ2v) is 12.6. The lowest BCUT2D eigenvalue weighted by atomic mass is 10.0. The van der Waals surface area contributed by atoms with Crippen molar-refractivity contribution in [2.45, 2.75) is 65.1 Å². The maximum absolute atomic E-state index is 12.9. The van der Waals surface area contributed by atoms with Gasteiger partial charge in [-0.1, -0.05) is 25.1 Å². The van der Waals surface area contributed by atoms with E-state index in [1.54, 1.807) is 4.90 Å². The van der Waals surface area contributed by atoms with Crippen molar-refractivity contribution in [2.24, 2.45) is 0 Å². The van der Waals surface area contributed by atoms with Crippen molar-refractivity contribution in [1.29, 1.82) is 0 Å². The van der Waals surface area contributed by atoms with Crippen molar-refractivity contribution in [2.75, 3.05) is 13.1 Å². The van der Waals surface area contributed by atoms with Gasteiger partial charge in [0.1, 0.15) is 28.4 Å². The minimum Gasteiger partial charge on any atom is -0.456 e. The van der Waals surface area contributed by atoms with E-state index in [2.05, 4.69) is 75.7 Å². The van der Waals surface area contributed by atoms with Crippen LogP contribution in [0.4, 0.5) is 4.79 Å². The fourth-order valence-electron chi connectivity index (χ4n) is 6.06. The molecule has 1 atom stereocenters. The Hall–Kier alpha value is -4.63. The number of furan rings is 1. The van der Waals surface area contributed by atoms with Crippen LogP contribution in [0.25, 0.3) is 55.4 Å². The average Bonchev–Trinajstić information content (AvgIpc) is 3.79. The summed E-state index contributed by atoms with van der Waals surface area (Å²) < 4.78 is 12.0. The van der Waals surface area contributed by atoms with Gasteiger partial charge in [0.2, 0.25) is 0 Å². The highest BCUT2D eigenvalue weighted by atomic mass is 16.6. The van der Waals surface area contributed by atoms with Gasteiger partial charge in [0.05, 0.1) is 35.5 Å². The number of rotatable bonds is 7. The molecule has 3 N–H and O–H groups in total. The van der Waals surface area contributed by atoms with Crippen LogP contribution in [-0.4, -0.2) is 49.6 Å². The zero-order valence-electron chi connectivity index (χ0n) is 25.7. The number of H-pyrrole nitrogens is 2. The first-order valence-corrected chi connectivity index (χ1v) is 15.5. The van der Waals surface area contributed by atoms with Crippen LogP contribution in [0.15, 0.2) is 65.2 Å². The summed E-state index contributed by atoms with van der Waals surface area (Å²) in [5.74, 6) is 1.72. The molecule has 44 heavy (non-hydrogen) atoms. The Labute approximate surface area is 256 Å². The van der Waals surface area contributed by atoms with Gasteiger partial charge in [-0.25, -0.2) is 14.8 Å². The predicted molar refractivity (Wildman–Crippen MR) is 173 cm³/mol. The van der Waals surface area contributed by atoms with Gasteiger partial charge < -0.3 is 24.4 Å². The summed E-state index contributed by atoms with van der Waals surface area (Å²) in [6, 6.07) is 18.8. The number of benzene rings is 3. The second-order valence-electron chi connectivity index (χ2n) is 12.6. The Kier molecular flexibility index (Phi) is 7.13. The third kappa shape index (κ3) is 5.43. The first kappa shape index (κ1) is 28.2. The van der Waals surface area contributed by atoms with E-state index in [-0.39, 0.29) is 12.1 Å². The molecule has 0 unspecified atom stereocenters. The van der Waals surface area contributed by atoms with Gasteiger partial charge in [-0.3, -0.25) is 4.90 Å². The van der Waals surface area contributed by atoms with Crippen LogP contribution in [0.5, 0.6) is 0 Å². The van der Waals surface area contributed by atoms with Crippen molar-refractivity contribution in [3.63, 3.8) is 0 Å². The van der Waals surface area contributed by atoms with Crippen molar-refractivity contribution < 1.29 is 13.9 Å². The van der Waals surface area contributed by atoms with Gasteiger partial charge in [0.25, 0.3) is 0 Å². The number of nitrogens with zero attached hydrogens (tertiary/aromatic N) is 3. The van der Waals surface area contributed by atoms with Gasteiger partial charge in [-0.15, -0.1) is 0 Å². The van der Waals surface area contributed by atoms with Crippen LogP contribution in [-0.2, 0) is 11.3 Å². The first-order chi connectivity index (χ1) is 21.3. The summed E-state index contributed by atoms with van der Waals surface area (Å²) in [6.45, 7) is 10.2. The minimum absolute atomic E-state index is 0.122. The van der Waals surface area contributed by atoms with E-state index in [9.17, 15) is 4.79 Å². The van der Waals surface area contributed by atoms with Crippen molar-refractivity contribution in [3.05, 3.63) is 72.4 Å². The maximum Gasteiger partial charge on any atom is 0.410 e. The molecule has 4 heterocycles. The van der Waals surface area contributed by atoms with E-state index in [1.807, 2.05) is 33.0 Å². The van der Waals surface area contributed by atoms with Crippen LogP contribution >= 0.6 is 0 Å². The standard InChI is InChI=1S/C35H38N6O3/c1-5-14-36-20-32-37-19-28(38-32)23-9-12-25-24-11-8-22(17-30(24)43-31(25)18-23)21-10-13-26-27(16-21)40-33(39-26)29-7-6-15-41(29)34(42)44-35(2,3)4/h8-13,16-19,29,36H,5-7,14-15,20H2,1-4H3,(H,37,38)(H,39,40)/t29-/m0/s1. The number of carbonyl (C=O) groups is 1. The zero-order chi connectivity index (χ0) is 30.4. The summed E-state index contributed by atoms with van der Waals surface area (Å²) in [5.41, 5.74) is 7.09. The molecule has 226 valence electrons. The molecule has 3 aromatic carbocycles. The molecule has 3 aromatic heterocycles. The Morgan fingerprint density at radius 3 is 2.52 bits per heavy atom. The summed E-state index contributed by atoms with van der Waals surface area (Å²) in [4.78, 5) is 30.9. The van der Waals surface area contributed by atoms with Gasteiger partial charge in [-0.2, -0.15) is 0 Å². The maximum atomic E-state index is 12.9. The van der Waals surface area contributed by atoms with E-state index in [0.29, 0.717) is 6.54 Å². The van der Waals surface area contributed by atoms with Crippen molar-refractivity contribution >= 4 is 39.1 Å². The fraction of sp³-hybridized carbons (Fsp3) is 0.343. The van der Waals surface area contributed by atoms with Crippen LogP contribution in [0, 0.1) is 0 Å². The van der Waals surface area contributed by atoms with Gasteiger partial charge in [-0.05, 0) is 94.1 Å². The Morgan fingerprint density at radius 1 is 1.02 bits per heavy atom. The minimum atomic E-state index is -0.536. The normalized spacial score (nSPS) is 15.6. The SMILES string of the molecule is CCCNCc1ncc(-c2ccc3c(c2)oc2cc(-c4ccc5nc([C@@H]6CCCN6C(=O)OC(C)(C)C)[nH]c5c4)ccc23)[nH]1. The number of aromatic nitrogens is 4. The van der Waals surface area contributed by atoms with E-state index < -0.39 is 5.60 Å². The molecule has 0 spiro atoms. The Bertz CT molecular complexity index is 1980. The molecule has 0 radical (unpaired) electrons. The van der Waals surface area contributed by atoms with E-state index >= 15 is 0 Å². The molecule has 1 aliphatic heterocycles. The van der Waals surface area contributed by atoms with Crippen LogP contribution in [0.2, 0.25) is 0 Å². The van der Waals surface area contributed by atoms with Crippen LogP contribution in [0.1, 0.15) is 64.6 Å². The average molecular weight is 591 g/mol. The lowest BCUT2D eigenvalue weighted by Crippen LogP contribution is -2.36. The van der Waals surface area contributed by atoms with Gasteiger partial charge in [0, 0.05) is 22.9 Å². The number of fused-ring (bicyclic) bond motifs is 4. The van der Waals surface area contributed by atoms with Crippen molar-refractivity contribution in [3.8, 4) is 22.4 Å². The zero-order valence-corrected chi connectivity index (χ0v) is 25.7. The molecular formula is C35H38N6O3. The number of likely N-dealkylation sites (tertiary alicyclic amines) is 1. The summed E-state index contributed by atoms with van der Waals surface area (Å²) >= 11 is 0. The highest BCUT2D eigenvalue weighted by molar-refractivity contribution is 6.07. The molecule has 7 rings (SSSR count). The van der Waals surface area contributed by atoms with E-state index in [0.717, 1.165) is 99.4 Å². The predicted octanol–water partition coefficient (Wildman–Crippen LogP) is 8.09. The topological polar surface area (TPSA) is 112 Å². The third-order valence-corrected chi connectivity index (χ3v) is 8.16. The lowest BCUT2D eigenvalue weighted by molar-refractivity contribution is 0.0219. The monoisotopic (exact) mass is 590 g/mol. The number of hydrogen-bond donors (Lipinski definition) is 3. The Morgan fingerprint density at radius 2 is 1.75 bits per heavy atom. The molecule has 9 heteroatoms. The highest BCUT2D eigenvalue weighted by Crippen LogP contribution is 2.36. The summed E-state index contributed by atoms with van der Waals surface area (Å²) in [6.07, 6.45) is 4.46. The molecule has 0 bridgehead atoms. The number of ether oxygens (including phenoxy) is 1. The van der Waals surface area contributed by atoms with Crippen molar-refractivity contribution in [1.82, 2.24) is 30.2 Å².